The lowest BCUT2D eigenvalue weighted by Crippen LogP contribution is -2.21. The molecule has 1 rings (SSSR count). The maximum absolute atomic E-state index is 11.1. The smallest absolute Gasteiger partial charge is 0.312 e. The van der Waals surface area contributed by atoms with Gasteiger partial charge in [0.15, 0.2) is 0 Å². The standard InChI is InChI=1S/C14H17ClO3/c1-8-5-12(16)10(6-11(8)15)9(2)7-14(3,4)13(17)18/h5-7,16H,1-4H3,(H,17,18)/b9-7-. The lowest BCUT2D eigenvalue weighted by molar-refractivity contribution is -0.144. The van der Waals surface area contributed by atoms with Gasteiger partial charge in [-0.1, -0.05) is 17.7 Å². The van der Waals surface area contributed by atoms with Gasteiger partial charge < -0.3 is 10.2 Å². The Kier molecular flexibility index (Phi) is 4.07. The SMILES string of the molecule is C/C(=C/C(C)(C)C(=O)O)c1cc(Cl)c(C)cc1O. The molecule has 0 amide bonds. The van der Waals surface area contributed by atoms with Crippen molar-refractivity contribution >= 4 is 23.1 Å². The van der Waals surface area contributed by atoms with Gasteiger partial charge in [-0.3, -0.25) is 4.79 Å². The number of benzene rings is 1. The van der Waals surface area contributed by atoms with Crippen LogP contribution in [0.1, 0.15) is 31.9 Å². The second kappa shape index (κ2) is 5.02. The van der Waals surface area contributed by atoms with Crippen molar-refractivity contribution in [3.05, 3.63) is 34.4 Å². The summed E-state index contributed by atoms with van der Waals surface area (Å²) in [6.07, 6.45) is 1.61. The van der Waals surface area contributed by atoms with Gasteiger partial charge in [0.05, 0.1) is 5.41 Å². The molecule has 1 aromatic rings. The number of phenols is 1. The van der Waals surface area contributed by atoms with E-state index in [4.69, 9.17) is 16.7 Å². The minimum Gasteiger partial charge on any atom is -0.507 e. The van der Waals surface area contributed by atoms with Crippen molar-refractivity contribution in [2.24, 2.45) is 5.41 Å². The van der Waals surface area contributed by atoms with Crippen LogP contribution in [0, 0.1) is 12.3 Å². The van der Waals surface area contributed by atoms with E-state index in [9.17, 15) is 9.90 Å². The highest BCUT2D eigenvalue weighted by Crippen LogP contribution is 2.33. The molecule has 0 aliphatic heterocycles. The predicted molar refractivity (Wildman–Crippen MR) is 72.9 cm³/mol. The molecule has 0 saturated heterocycles. The summed E-state index contributed by atoms with van der Waals surface area (Å²) in [6, 6.07) is 3.22. The highest BCUT2D eigenvalue weighted by Gasteiger charge is 2.25. The van der Waals surface area contributed by atoms with Gasteiger partial charge in [-0.15, -0.1) is 0 Å². The Balaban J connectivity index is 3.27. The number of allylic oxidation sites excluding steroid dienone is 1. The van der Waals surface area contributed by atoms with Crippen molar-refractivity contribution in [1.82, 2.24) is 0 Å². The molecular weight excluding hydrogens is 252 g/mol. The third-order valence-corrected chi connectivity index (χ3v) is 3.24. The largest absolute Gasteiger partial charge is 0.507 e. The van der Waals surface area contributed by atoms with E-state index in [1.54, 1.807) is 45.9 Å². The summed E-state index contributed by atoms with van der Waals surface area (Å²) in [7, 11) is 0. The number of aliphatic carboxylic acids is 1. The molecule has 0 unspecified atom stereocenters. The van der Waals surface area contributed by atoms with Crippen LogP contribution in [0.25, 0.3) is 5.57 Å². The molecule has 0 heterocycles. The first-order chi connectivity index (χ1) is 8.15. The first-order valence-corrected chi connectivity index (χ1v) is 5.95. The molecule has 0 atom stereocenters. The molecule has 3 nitrogen and oxygen atoms in total. The molecule has 2 N–H and O–H groups in total. The van der Waals surface area contributed by atoms with Crippen LogP contribution >= 0.6 is 11.6 Å². The molecule has 18 heavy (non-hydrogen) atoms. The number of phenolic OH excluding ortho intramolecular Hbond substituents is 1. The van der Waals surface area contributed by atoms with E-state index in [2.05, 4.69) is 0 Å². The maximum Gasteiger partial charge on any atom is 0.312 e. The first-order valence-electron chi connectivity index (χ1n) is 5.57. The Morgan fingerprint density at radius 1 is 1.39 bits per heavy atom. The number of aryl methyl sites for hydroxylation is 1. The van der Waals surface area contributed by atoms with Crippen molar-refractivity contribution in [3.8, 4) is 5.75 Å². The van der Waals surface area contributed by atoms with Gasteiger partial charge in [-0.2, -0.15) is 0 Å². The summed E-state index contributed by atoms with van der Waals surface area (Å²) in [6.45, 7) is 6.76. The monoisotopic (exact) mass is 268 g/mol. The molecule has 0 radical (unpaired) electrons. The van der Waals surface area contributed by atoms with Gasteiger partial charge in [0.25, 0.3) is 0 Å². The van der Waals surface area contributed by atoms with Crippen LogP contribution in [-0.4, -0.2) is 16.2 Å². The average molecular weight is 269 g/mol. The van der Waals surface area contributed by atoms with Crippen LogP contribution in [0.2, 0.25) is 5.02 Å². The highest BCUT2D eigenvalue weighted by atomic mass is 35.5. The van der Waals surface area contributed by atoms with E-state index in [0.717, 1.165) is 5.56 Å². The van der Waals surface area contributed by atoms with Crippen LogP contribution in [0.15, 0.2) is 18.2 Å². The predicted octanol–water partition coefficient (Wildman–Crippen LogP) is 3.87. The van der Waals surface area contributed by atoms with Crippen LogP contribution < -0.4 is 0 Å². The lowest BCUT2D eigenvalue weighted by Gasteiger charge is -2.16. The summed E-state index contributed by atoms with van der Waals surface area (Å²) in [4.78, 5) is 11.1. The van der Waals surface area contributed by atoms with E-state index in [1.807, 2.05) is 0 Å². The number of hydrogen-bond donors (Lipinski definition) is 2. The van der Waals surface area contributed by atoms with Gasteiger partial charge in [-0.25, -0.2) is 0 Å². The van der Waals surface area contributed by atoms with Gasteiger partial charge in [0.1, 0.15) is 5.75 Å². The van der Waals surface area contributed by atoms with Gasteiger partial charge in [0.2, 0.25) is 0 Å². The van der Waals surface area contributed by atoms with Crippen molar-refractivity contribution in [2.45, 2.75) is 27.7 Å². The molecule has 0 spiro atoms. The summed E-state index contributed by atoms with van der Waals surface area (Å²) in [5, 5.41) is 19.5. The lowest BCUT2D eigenvalue weighted by atomic mass is 9.89. The van der Waals surface area contributed by atoms with E-state index >= 15 is 0 Å². The Morgan fingerprint density at radius 3 is 2.44 bits per heavy atom. The molecule has 0 fully saturated rings. The number of hydrogen-bond acceptors (Lipinski definition) is 2. The number of carbonyl (C=O) groups is 1. The summed E-state index contributed by atoms with van der Waals surface area (Å²) in [5.74, 6) is -0.814. The fourth-order valence-corrected chi connectivity index (χ4v) is 1.83. The first kappa shape index (κ1) is 14.6. The zero-order chi connectivity index (χ0) is 14.1. The Morgan fingerprint density at radius 2 is 1.94 bits per heavy atom. The van der Waals surface area contributed by atoms with Crippen molar-refractivity contribution in [1.29, 1.82) is 0 Å². The Hall–Kier alpha value is -1.48. The molecule has 0 saturated carbocycles. The van der Waals surface area contributed by atoms with Crippen molar-refractivity contribution in [2.75, 3.05) is 0 Å². The minimum absolute atomic E-state index is 0.104. The molecular formula is C14H17ClO3. The van der Waals surface area contributed by atoms with Gasteiger partial charge in [-0.05, 0) is 51.0 Å². The minimum atomic E-state index is -0.992. The third kappa shape index (κ3) is 3.05. The topological polar surface area (TPSA) is 57.5 Å². The van der Waals surface area contributed by atoms with Gasteiger partial charge >= 0.3 is 5.97 Å². The van der Waals surface area contributed by atoms with Crippen LogP contribution in [-0.2, 0) is 4.79 Å². The molecule has 0 aliphatic rings. The second-order valence-electron chi connectivity index (χ2n) is 4.97. The Bertz CT molecular complexity index is 516. The number of carboxylic acids is 1. The van der Waals surface area contributed by atoms with Crippen LogP contribution in [0.4, 0.5) is 0 Å². The molecule has 4 heteroatoms. The fraction of sp³-hybridized carbons (Fsp3) is 0.357. The maximum atomic E-state index is 11.1. The van der Waals surface area contributed by atoms with Crippen LogP contribution in [0.5, 0.6) is 5.75 Å². The number of carboxylic acid groups (broad SMARTS) is 1. The quantitative estimate of drug-likeness (QED) is 0.875. The van der Waals surface area contributed by atoms with E-state index in [-0.39, 0.29) is 5.75 Å². The summed E-state index contributed by atoms with van der Waals surface area (Å²) >= 11 is 6.01. The zero-order valence-corrected chi connectivity index (χ0v) is 11.7. The van der Waals surface area contributed by atoms with Crippen LogP contribution in [0.3, 0.4) is 0 Å². The zero-order valence-electron chi connectivity index (χ0n) is 10.9. The van der Waals surface area contributed by atoms with Crippen molar-refractivity contribution < 1.29 is 15.0 Å². The second-order valence-corrected chi connectivity index (χ2v) is 5.38. The molecule has 0 aliphatic carbocycles. The highest BCUT2D eigenvalue weighted by molar-refractivity contribution is 6.31. The normalized spacial score (nSPS) is 12.6. The molecule has 0 bridgehead atoms. The molecule has 0 aromatic heterocycles. The number of halogens is 1. The number of rotatable bonds is 3. The molecule has 1 aromatic carbocycles. The summed E-state index contributed by atoms with van der Waals surface area (Å²) < 4.78 is 0. The third-order valence-electron chi connectivity index (χ3n) is 2.83. The number of aromatic hydroxyl groups is 1. The Labute approximate surface area is 112 Å². The van der Waals surface area contributed by atoms with Crippen molar-refractivity contribution in [3.63, 3.8) is 0 Å². The molecule has 98 valence electrons. The van der Waals surface area contributed by atoms with E-state index in [0.29, 0.717) is 16.2 Å². The fourth-order valence-electron chi connectivity index (χ4n) is 1.66. The summed E-state index contributed by atoms with van der Waals surface area (Å²) in [5.41, 5.74) is 1.03. The van der Waals surface area contributed by atoms with Gasteiger partial charge in [0, 0.05) is 10.6 Å². The average Bonchev–Trinajstić information content (AvgIpc) is 2.22. The van der Waals surface area contributed by atoms with E-state index in [1.165, 1.54) is 0 Å². The van der Waals surface area contributed by atoms with E-state index < -0.39 is 11.4 Å².